The van der Waals surface area contributed by atoms with E-state index in [1.165, 1.54) is 0 Å². The molecule has 0 aliphatic heterocycles. The summed E-state index contributed by atoms with van der Waals surface area (Å²) < 4.78 is 4.87. The third-order valence-electron chi connectivity index (χ3n) is 3.69. The highest BCUT2D eigenvalue weighted by Gasteiger charge is 2.37. The molecule has 1 fully saturated rings. The van der Waals surface area contributed by atoms with Crippen LogP contribution in [0.1, 0.15) is 44.3 Å². The van der Waals surface area contributed by atoms with E-state index in [1.54, 1.807) is 6.92 Å². The Morgan fingerprint density at radius 1 is 1.63 bits per heavy atom. The van der Waals surface area contributed by atoms with Crippen molar-refractivity contribution >= 4 is 5.91 Å². The van der Waals surface area contributed by atoms with Gasteiger partial charge in [0.2, 0.25) is 11.8 Å². The summed E-state index contributed by atoms with van der Waals surface area (Å²) in [6.07, 6.45) is 4.28. The molecule has 1 aromatic rings. The van der Waals surface area contributed by atoms with Crippen molar-refractivity contribution in [3.8, 4) is 0 Å². The van der Waals surface area contributed by atoms with E-state index in [-0.39, 0.29) is 5.91 Å². The number of nitrogens with zero attached hydrogens (tertiary/aromatic N) is 2. The maximum Gasteiger partial charge on any atom is 0.240 e. The van der Waals surface area contributed by atoms with Gasteiger partial charge in [-0.1, -0.05) is 24.9 Å². The van der Waals surface area contributed by atoms with E-state index in [2.05, 4.69) is 22.4 Å². The number of rotatable bonds is 4. The molecule has 6 nitrogen and oxygen atoms in total. The molecule has 0 bridgehead atoms. The van der Waals surface area contributed by atoms with Gasteiger partial charge in [0.1, 0.15) is 0 Å². The monoisotopic (exact) mass is 266 g/mol. The lowest BCUT2D eigenvalue weighted by Gasteiger charge is -2.35. The number of hydrogen-bond acceptors (Lipinski definition) is 5. The fourth-order valence-corrected chi connectivity index (χ4v) is 2.70. The molecule has 106 valence electrons. The van der Waals surface area contributed by atoms with Crippen LogP contribution in [0.5, 0.6) is 0 Å². The second-order valence-corrected chi connectivity index (χ2v) is 5.59. The van der Waals surface area contributed by atoms with Gasteiger partial charge in [0, 0.05) is 19.9 Å². The van der Waals surface area contributed by atoms with E-state index in [1.807, 2.05) is 0 Å². The standard InChI is InChI=1S/C13H22N4O2/c1-9-4-3-6-13(14,8-9)12(18)15-7-5-11-16-10(2)19-17-11/h9H,3-8,14H2,1-2H3,(H,15,18). The van der Waals surface area contributed by atoms with Crippen LogP contribution in [0.2, 0.25) is 0 Å². The first kappa shape index (κ1) is 14.0. The summed E-state index contributed by atoms with van der Waals surface area (Å²) >= 11 is 0. The molecule has 2 rings (SSSR count). The van der Waals surface area contributed by atoms with E-state index in [4.69, 9.17) is 10.3 Å². The van der Waals surface area contributed by atoms with Gasteiger partial charge in [-0.3, -0.25) is 4.79 Å². The molecule has 0 spiro atoms. The number of nitrogens with one attached hydrogen (secondary N) is 1. The minimum Gasteiger partial charge on any atom is -0.354 e. The van der Waals surface area contributed by atoms with Crippen LogP contribution in [0.3, 0.4) is 0 Å². The average Bonchev–Trinajstić information content (AvgIpc) is 2.74. The SMILES string of the molecule is Cc1nc(CCNC(=O)C2(N)CCCC(C)C2)no1. The summed E-state index contributed by atoms with van der Waals surface area (Å²) in [6, 6.07) is 0. The summed E-state index contributed by atoms with van der Waals surface area (Å²) in [7, 11) is 0. The van der Waals surface area contributed by atoms with Crippen molar-refractivity contribution in [1.29, 1.82) is 0 Å². The average molecular weight is 266 g/mol. The topological polar surface area (TPSA) is 94.0 Å². The maximum atomic E-state index is 12.2. The third-order valence-corrected chi connectivity index (χ3v) is 3.69. The lowest BCUT2D eigenvalue weighted by atomic mass is 9.76. The lowest BCUT2D eigenvalue weighted by molar-refractivity contribution is -0.128. The van der Waals surface area contributed by atoms with E-state index < -0.39 is 5.54 Å². The lowest BCUT2D eigenvalue weighted by Crippen LogP contribution is -2.56. The molecule has 0 aromatic carbocycles. The Labute approximate surface area is 113 Å². The van der Waals surface area contributed by atoms with Gasteiger partial charge < -0.3 is 15.6 Å². The minimum absolute atomic E-state index is 0.0562. The zero-order valence-corrected chi connectivity index (χ0v) is 11.6. The Balaban J connectivity index is 1.80. The molecule has 1 aliphatic rings. The van der Waals surface area contributed by atoms with E-state index in [0.29, 0.717) is 30.6 Å². The van der Waals surface area contributed by atoms with Crippen molar-refractivity contribution in [3.63, 3.8) is 0 Å². The summed E-state index contributed by atoms with van der Waals surface area (Å²) in [5, 5.41) is 6.67. The molecule has 1 aromatic heterocycles. The molecular weight excluding hydrogens is 244 g/mol. The number of nitrogens with two attached hydrogens (primary N) is 1. The quantitative estimate of drug-likeness (QED) is 0.846. The fourth-order valence-electron chi connectivity index (χ4n) is 2.70. The highest BCUT2D eigenvalue weighted by atomic mass is 16.5. The second kappa shape index (κ2) is 5.69. The first-order valence-electron chi connectivity index (χ1n) is 6.86. The normalized spacial score (nSPS) is 27.2. The molecule has 1 amide bonds. The van der Waals surface area contributed by atoms with E-state index in [9.17, 15) is 4.79 Å². The Kier molecular flexibility index (Phi) is 4.19. The van der Waals surface area contributed by atoms with Crippen LogP contribution in [0.4, 0.5) is 0 Å². The molecule has 1 heterocycles. The molecule has 0 radical (unpaired) electrons. The predicted molar refractivity (Wildman–Crippen MR) is 70.3 cm³/mol. The van der Waals surface area contributed by atoms with Crippen molar-refractivity contribution in [2.45, 2.75) is 51.5 Å². The van der Waals surface area contributed by atoms with Gasteiger partial charge in [0.15, 0.2) is 5.82 Å². The van der Waals surface area contributed by atoms with Crippen molar-refractivity contribution < 1.29 is 9.32 Å². The molecule has 2 unspecified atom stereocenters. The number of carbonyl (C=O) groups is 1. The third kappa shape index (κ3) is 3.53. The van der Waals surface area contributed by atoms with Crippen molar-refractivity contribution in [3.05, 3.63) is 11.7 Å². The van der Waals surface area contributed by atoms with Gasteiger partial charge in [-0.15, -0.1) is 0 Å². The highest BCUT2D eigenvalue weighted by molar-refractivity contribution is 5.86. The Morgan fingerprint density at radius 2 is 2.42 bits per heavy atom. The zero-order valence-electron chi connectivity index (χ0n) is 11.6. The van der Waals surface area contributed by atoms with Gasteiger partial charge in [0.25, 0.3) is 0 Å². The largest absolute Gasteiger partial charge is 0.354 e. The summed E-state index contributed by atoms with van der Waals surface area (Å²) in [5.41, 5.74) is 5.51. The Morgan fingerprint density at radius 3 is 3.05 bits per heavy atom. The molecule has 3 N–H and O–H groups in total. The smallest absolute Gasteiger partial charge is 0.240 e. The van der Waals surface area contributed by atoms with E-state index in [0.717, 1.165) is 25.7 Å². The van der Waals surface area contributed by atoms with Crippen LogP contribution < -0.4 is 11.1 Å². The number of aromatic nitrogens is 2. The maximum absolute atomic E-state index is 12.2. The van der Waals surface area contributed by atoms with E-state index >= 15 is 0 Å². The van der Waals surface area contributed by atoms with Crippen LogP contribution >= 0.6 is 0 Å². The van der Waals surface area contributed by atoms with Crippen LogP contribution in [-0.2, 0) is 11.2 Å². The molecule has 0 saturated heterocycles. The molecule has 1 aliphatic carbocycles. The predicted octanol–water partition coefficient (Wildman–Crippen LogP) is 0.944. The summed E-state index contributed by atoms with van der Waals surface area (Å²) in [5.74, 6) is 1.61. The first-order chi connectivity index (χ1) is 8.99. The van der Waals surface area contributed by atoms with Crippen molar-refractivity contribution in [1.82, 2.24) is 15.5 Å². The van der Waals surface area contributed by atoms with Crippen LogP contribution in [0.15, 0.2) is 4.52 Å². The minimum atomic E-state index is -0.704. The number of amides is 1. The van der Waals surface area contributed by atoms with Crippen molar-refractivity contribution in [2.24, 2.45) is 11.7 Å². The molecule has 19 heavy (non-hydrogen) atoms. The molecule has 2 atom stereocenters. The van der Waals surface area contributed by atoms with Gasteiger partial charge in [-0.2, -0.15) is 4.98 Å². The van der Waals surface area contributed by atoms with Gasteiger partial charge in [-0.05, 0) is 18.8 Å². The molecular formula is C13H22N4O2. The van der Waals surface area contributed by atoms with Crippen LogP contribution in [0.25, 0.3) is 0 Å². The number of hydrogen-bond donors (Lipinski definition) is 2. The number of aryl methyl sites for hydroxylation is 1. The molecule has 6 heteroatoms. The Hall–Kier alpha value is -1.43. The highest BCUT2D eigenvalue weighted by Crippen LogP contribution is 2.30. The first-order valence-corrected chi connectivity index (χ1v) is 6.86. The summed E-state index contributed by atoms with van der Waals surface area (Å²) in [6.45, 7) is 4.38. The number of carbonyl (C=O) groups excluding carboxylic acids is 1. The van der Waals surface area contributed by atoms with Crippen LogP contribution in [0, 0.1) is 12.8 Å². The van der Waals surface area contributed by atoms with Gasteiger partial charge in [0.05, 0.1) is 5.54 Å². The van der Waals surface area contributed by atoms with Gasteiger partial charge in [-0.25, -0.2) is 0 Å². The second-order valence-electron chi connectivity index (χ2n) is 5.59. The Bertz CT molecular complexity index is 446. The van der Waals surface area contributed by atoms with Crippen LogP contribution in [-0.4, -0.2) is 28.1 Å². The summed E-state index contributed by atoms with van der Waals surface area (Å²) in [4.78, 5) is 16.2. The molecule has 1 saturated carbocycles. The van der Waals surface area contributed by atoms with Gasteiger partial charge >= 0.3 is 0 Å². The zero-order chi connectivity index (χ0) is 13.9. The van der Waals surface area contributed by atoms with Crippen molar-refractivity contribution in [2.75, 3.05) is 6.54 Å². The fraction of sp³-hybridized carbons (Fsp3) is 0.769.